The van der Waals surface area contributed by atoms with Crippen molar-refractivity contribution in [1.29, 1.82) is 0 Å². The van der Waals surface area contributed by atoms with Crippen LogP contribution in [0.3, 0.4) is 0 Å². The van der Waals surface area contributed by atoms with Crippen LogP contribution in [0.2, 0.25) is 0 Å². The molecule has 1 aromatic carbocycles. The predicted octanol–water partition coefficient (Wildman–Crippen LogP) is 5.37. The van der Waals surface area contributed by atoms with E-state index in [0.29, 0.717) is 17.8 Å². The van der Waals surface area contributed by atoms with E-state index in [2.05, 4.69) is 32.8 Å². The van der Waals surface area contributed by atoms with Gasteiger partial charge in [0.2, 0.25) is 0 Å². The van der Waals surface area contributed by atoms with Crippen LogP contribution in [-0.4, -0.2) is 12.6 Å². The topological polar surface area (TPSA) is 38.3 Å². The minimum atomic E-state index is -3.02. The van der Waals surface area contributed by atoms with Crippen molar-refractivity contribution in [3.63, 3.8) is 0 Å². The van der Waals surface area contributed by atoms with Gasteiger partial charge >= 0.3 is 0 Å². The molecule has 0 saturated heterocycles. The van der Waals surface area contributed by atoms with Gasteiger partial charge in [-0.2, -0.15) is 0 Å². The summed E-state index contributed by atoms with van der Waals surface area (Å²) in [5.74, 6) is 1.69. The second-order valence-corrected chi connectivity index (χ2v) is 9.77. The Morgan fingerprint density at radius 3 is 2.58 bits per heavy atom. The van der Waals surface area contributed by atoms with Gasteiger partial charge in [-0.05, 0) is 49.1 Å². The Labute approximate surface area is 148 Å². The van der Waals surface area contributed by atoms with Crippen LogP contribution in [0.4, 0.5) is 0 Å². The largest absolute Gasteiger partial charge is 0.311 e. The summed E-state index contributed by atoms with van der Waals surface area (Å²) in [5, 5.41) is 4.06. The third-order valence-corrected chi connectivity index (χ3v) is 7.38. The Morgan fingerprint density at radius 1 is 1.25 bits per heavy atom. The van der Waals surface area contributed by atoms with E-state index < -0.39 is 7.52 Å². The summed E-state index contributed by atoms with van der Waals surface area (Å²) < 4.78 is 20.1. The predicted molar refractivity (Wildman–Crippen MR) is 103 cm³/mol. The molecule has 1 unspecified atom stereocenters. The molecule has 0 aromatic heterocycles. The van der Waals surface area contributed by atoms with E-state index in [-0.39, 0.29) is 6.10 Å². The van der Waals surface area contributed by atoms with Gasteiger partial charge in [0.05, 0.1) is 11.4 Å². The molecule has 1 saturated carbocycles. The minimum absolute atomic E-state index is 0.0777. The minimum Gasteiger partial charge on any atom is -0.311 e. The fraction of sp³-hybridized carbons (Fsp3) is 0.700. The molecule has 1 fully saturated rings. The van der Waals surface area contributed by atoms with E-state index in [0.717, 1.165) is 31.1 Å². The highest BCUT2D eigenvalue weighted by Gasteiger charge is 2.37. The molecule has 136 valence electrons. The molecule has 1 aromatic rings. The molecule has 1 N–H and O–H groups in total. The van der Waals surface area contributed by atoms with Crippen LogP contribution in [0.15, 0.2) is 30.3 Å². The average Bonchev–Trinajstić information content (AvgIpc) is 2.55. The third-order valence-electron chi connectivity index (χ3n) is 5.19. The molecular weight excluding hydrogens is 317 g/mol. The summed E-state index contributed by atoms with van der Waals surface area (Å²) in [5.41, 5.74) is 0. The number of hydrogen-bond donors (Lipinski definition) is 1. The highest BCUT2D eigenvalue weighted by Crippen LogP contribution is 2.48. The summed E-state index contributed by atoms with van der Waals surface area (Å²) in [6.45, 7) is 9.68. The van der Waals surface area contributed by atoms with Crippen LogP contribution in [0, 0.1) is 17.8 Å². The first kappa shape index (κ1) is 19.7. The van der Waals surface area contributed by atoms with Gasteiger partial charge in [-0.3, -0.25) is 4.57 Å². The molecule has 0 spiro atoms. The number of benzene rings is 1. The van der Waals surface area contributed by atoms with Crippen molar-refractivity contribution < 1.29 is 9.09 Å². The smallest absolute Gasteiger partial charge is 0.299 e. The maximum absolute atomic E-state index is 13.7. The summed E-state index contributed by atoms with van der Waals surface area (Å²) in [4.78, 5) is 0. The molecule has 0 radical (unpaired) electrons. The molecule has 0 heterocycles. The quantitative estimate of drug-likeness (QED) is 0.505. The molecule has 0 bridgehead atoms. The number of unbranched alkanes of at least 4 members (excludes halogenated alkanes) is 1. The molecule has 2 rings (SSSR count). The first-order valence-electron chi connectivity index (χ1n) is 9.55. The lowest BCUT2D eigenvalue weighted by Gasteiger charge is -2.39. The first-order valence-corrected chi connectivity index (χ1v) is 11.2. The van der Waals surface area contributed by atoms with Crippen molar-refractivity contribution in [2.24, 2.45) is 17.8 Å². The molecular formula is C20H34NO2P. The molecule has 4 heteroatoms. The van der Waals surface area contributed by atoms with Crippen molar-refractivity contribution in [3.8, 4) is 0 Å². The highest BCUT2D eigenvalue weighted by molar-refractivity contribution is 7.65. The Kier molecular flexibility index (Phi) is 7.53. The van der Waals surface area contributed by atoms with E-state index in [1.54, 1.807) is 0 Å². The van der Waals surface area contributed by atoms with Gasteiger partial charge in [0.1, 0.15) is 0 Å². The van der Waals surface area contributed by atoms with E-state index in [9.17, 15) is 4.57 Å². The van der Waals surface area contributed by atoms with E-state index in [1.165, 1.54) is 12.8 Å². The van der Waals surface area contributed by atoms with Crippen LogP contribution in [0.25, 0.3) is 0 Å². The fourth-order valence-electron chi connectivity index (χ4n) is 3.64. The molecule has 1 aliphatic rings. The van der Waals surface area contributed by atoms with Crippen LogP contribution < -0.4 is 10.4 Å². The molecule has 0 aliphatic heterocycles. The van der Waals surface area contributed by atoms with E-state index >= 15 is 0 Å². The van der Waals surface area contributed by atoms with Gasteiger partial charge in [0, 0.05) is 6.54 Å². The van der Waals surface area contributed by atoms with Crippen molar-refractivity contribution >= 4 is 12.8 Å². The van der Waals surface area contributed by atoms with Gasteiger partial charge < -0.3 is 4.52 Å². The monoisotopic (exact) mass is 351 g/mol. The number of hydrogen-bond acceptors (Lipinski definition) is 2. The lowest BCUT2D eigenvalue weighted by molar-refractivity contribution is 0.0483. The Bertz CT molecular complexity index is 532. The Morgan fingerprint density at radius 2 is 1.96 bits per heavy atom. The van der Waals surface area contributed by atoms with Crippen molar-refractivity contribution in [3.05, 3.63) is 30.3 Å². The van der Waals surface area contributed by atoms with Gasteiger partial charge in [-0.25, -0.2) is 5.09 Å². The Hall–Kier alpha value is -0.630. The van der Waals surface area contributed by atoms with E-state index in [1.807, 2.05) is 30.3 Å². The molecule has 3 nitrogen and oxygen atoms in total. The van der Waals surface area contributed by atoms with Crippen LogP contribution >= 0.6 is 7.52 Å². The lowest BCUT2D eigenvalue weighted by atomic mass is 9.75. The second kappa shape index (κ2) is 9.17. The first-order chi connectivity index (χ1) is 11.5. The Balaban J connectivity index is 2.21. The highest BCUT2D eigenvalue weighted by atomic mass is 31.2. The fourth-order valence-corrected chi connectivity index (χ4v) is 5.66. The van der Waals surface area contributed by atoms with Crippen LogP contribution in [0.1, 0.15) is 59.8 Å². The third kappa shape index (κ3) is 5.18. The zero-order chi connectivity index (χ0) is 17.6. The van der Waals surface area contributed by atoms with E-state index in [4.69, 9.17) is 4.52 Å². The zero-order valence-corrected chi connectivity index (χ0v) is 16.6. The summed E-state index contributed by atoms with van der Waals surface area (Å²) in [6, 6.07) is 9.69. The zero-order valence-electron chi connectivity index (χ0n) is 15.7. The van der Waals surface area contributed by atoms with Crippen molar-refractivity contribution in [2.45, 2.75) is 65.9 Å². The number of nitrogens with one attached hydrogen (secondary N) is 1. The summed E-state index contributed by atoms with van der Waals surface area (Å²) in [7, 11) is -3.02. The van der Waals surface area contributed by atoms with Crippen molar-refractivity contribution in [1.82, 2.24) is 5.09 Å². The van der Waals surface area contributed by atoms with Gasteiger partial charge in [0.25, 0.3) is 7.52 Å². The molecule has 0 amide bonds. The summed E-state index contributed by atoms with van der Waals surface area (Å²) >= 11 is 0. The molecule has 24 heavy (non-hydrogen) atoms. The maximum Gasteiger partial charge on any atom is 0.299 e. The average molecular weight is 351 g/mol. The van der Waals surface area contributed by atoms with Crippen LogP contribution in [0.5, 0.6) is 0 Å². The molecule has 1 aliphatic carbocycles. The van der Waals surface area contributed by atoms with Gasteiger partial charge in [-0.1, -0.05) is 58.7 Å². The van der Waals surface area contributed by atoms with Gasteiger partial charge in [-0.15, -0.1) is 0 Å². The maximum atomic E-state index is 13.7. The normalized spacial score (nSPS) is 27.1. The standard InChI is InChI=1S/C20H34NO2P/c1-5-6-14-21-24(22,18-10-8-7-9-11-18)23-20-15-17(4)12-13-19(20)16(2)3/h7-11,16-17,19-20H,5-6,12-15H2,1-4H3,(H,21,22)/t17-,19+,20-,24?/m1/s1. The number of rotatable bonds is 8. The SMILES string of the molecule is CCCCNP(=O)(O[C@@H]1C[C@H](C)CC[C@H]1C(C)C)c1ccccc1. The summed E-state index contributed by atoms with van der Waals surface area (Å²) in [6.07, 6.45) is 5.60. The molecule has 4 atom stereocenters. The lowest BCUT2D eigenvalue weighted by Crippen LogP contribution is -2.36. The van der Waals surface area contributed by atoms with Crippen LogP contribution in [-0.2, 0) is 9.09 Å². The second-order valence-electron chi connectivity index (χ2n) is 7.62. The van der Waals surface area contributed by atoms with Gasteiger partial charge in [0.15, 0.2) is 0 Å². The van der Waals surface area contributed by atoms with Crippen molar-refractivity contribution in [2.75, 3.05) is 6.54 Å².